The van der Waals surface area contributed by atoms with Crippen LogP contribution in [0.2, 0.25) is 0 Å². The summed E-state index contributed by atoms with van der Waals surface area (Å²) in [5.74, 6) is -0.224. The predicted octanol–water partition coefficient (Wildman–Crippen LogP) is 0.718. The second-order valence-electron chi connectivity index (χ2n) is 2.17. The van der Waals surface area contributed by atoms with Crippen molar-refractivity contribution in [2.24, 2.45) is 5.92 Å². The maximum Gasteiger partial charge on any atom is 0.0659 e. The van der Waals surface area contributed by atoms with Crippen LogP contribution in [0.15, 0.2) is 25.3 Å². The Bertz CT molecular complexity index is 110. The zero-order valence-electron chi connectivity index (χ0n) is 6.03. The number of rotatable bonds is 5. The standard InChI is InChI=1S/C8H14O2/c1-3-5-8(10)7(4-2)6-9/h3-4,7-10H,1-2,5-6H2/t7-,8+/m1/s1. The summed E-state index contributed by atoms with van der Waals surface area (Å²) in [4.78, 5) is 0. The van der Waals surface area contributed by atoms with Gasteiger partial charge in [0.05, 0.1) is 12.7 Å². The lowest BCUT2D eigenvalue weighted by Gasteiger charge is -2.14. The van der Waals surface area contributed by atoms with E-state index in [0.29, 0.717) is 6.42 Å². The molecule has 0 amide bonds. The van der Waals surface area contributed by atoms with Crippen LogP contribution in [0.5, 0.6) is 0 Å². The van der Waals surface area contributed by atoms with Crippen LogP contribution in [0, 0.1) is 5.92 Å². The average Bonchev–Trinajstić information content (AvgIpc) is 1.91. The topological polar surface area (TPSA) is 40.5 Å². The van der Waals surface area contributed by atoms with Gasteiger partial charge in [-0.15, -0.1) is 13.2 Å². The van der Waals surface area contributed by atoms with Crippen LogP contribution >= 0.6 is 0 Å². The third-order valence-corrected chi connectivity index (χ3v) is 1.42. The van der Waals surface area contributed by atoms with E-state index in [-0.39, 0.29) is 12.5 Å². The molecule has 0 aliphatic rings. The molecule has 0 aliphatic carbocycles. The minimum absolute atomic E-state index is 0.0570. The van der Waals surface area contributed by atoms with E-state index in [1.165, 1.54) is 0 Å². The van der Waals surface area contributed by atoms with Crippen LogP contribution in [0.1, 0.15) is 6.42 Å². The first-order chi connectivity index (χ1) is 4.76. The van der Waals surface area contributed by atoms with Crippen LogP contribution < -0.4 is 0 Å². The molecule has 0 bridgehead atoms. The maximum absolute atomic E-state index is 9.21. The van der Waals surface area contributed by atoms with E-state index in [1.807, 2.05) is 0 Å². The van der Waals surface area contributed by atoms with Gasteiger partial charge in [0.25, 0.3) is 0 Å². The van der Waals surface area contributed by atoms with Crippen LogP contribution in [-0.4, -0.2) is 22.9 Å². The van der Waals surface area contributed by atoms with Crippen LogP contribution in [0.3, 0.4) is 0 Å². The van der Waals surface area contributed by atoms with Gasteiger partial charge in [0, 0.05) is 5.92 Å². The Balaban J connectivity index is 3.74. The van der Waals surface area contributed by atoms with E-state index in [0.717, 1.165) is 0 Å². The molecule has 0 heterocycles. The molecule has 0 saturated heterocycles. The summed E-state index contributed by atoms with van der Waals surface area (Å²) in [6.07, 6.45) is 3.13. The van der Waals surface area contributed by atoms with Crippen molar-refractivity contribution in [2.75, 3.05) is 6.61 Å². The fourth-order valence-corrected chi connectivity index (χ4v) is 0.699. The average molecular weight is 142 g/mol. The Morgan fingerprint density at radius 3 is 2.30 bits per heavy atom. The monoisotopic (exact) mass is 142 g/mol. The predicted molar refractivity (Wildman–Crippen MR) is 41.6 cm³/mol. The van der Waals surface area contributed by atoms with Crippen LogP contribution in [-0.2, 0) is 0 Å². The molecule has 2 atom stereocenters. The van der Waals surface area contributed by atoms with E-state index >= 15 is 0 Å². The Morgan fingerprint density at radius 2 is 2.00 bits per heavy atom. The molecule has 0 rings (SSSR count). The molecule has 10 heavy (non-hydrogen) atoms. The molecule has 0 radical (unpaired) electrons. The van der Waals surface area contributed by atoms with E-state index in [4.69, 9.17) is 5.11 Å². The molecule has 0 spiro atoms. The fraction of sp³-hybridized carbons (Fsp3) is 0.500. The second kappa shape index (κ2) is 5.21. The molecule has 0 aromatic rings. The van der Waals surface area contributed by atoms with Crippen molar-refractivity contribution >= 4 is 0 Å². The molecule has 0 aromatic heterocycles. The Hall–Kier alpha value is -0.600. The van der Waals surface area contributed by atoms with E-state index in [1.54, 1.807) is 12.2 Å². The first-order valence-electron chi connectivity index (χ1n) is 3.28. The first-order valence-corrected chi connectivity index (χ1v) is 3.28. The van der Waals surface area contributed by atoms with Crippen molar-refractivity contribution < 1.29 is 10.2 Å². The lowest BCUT2D eigenvalue weighted by Crippen LogP contribution is -2.20. The summed E-state index contributed by atoms with van der Waals surface area (Å²) < 4.78 is 0. The number of hydrogen-bond acceptors (Lipinski definition) is 2. The SMILES string of the molecule is C=CC[C@H](O)[C@H](C=C)CO. The molecule has 0 aromatic carbocycles. The van der Waals surface area contributed by atoms with Crippen molar-refractivity contribution in [3.05, 3.63) is 25.3 Å². The summed E-state index contributed by atoms with van der Waals surface area (Å²) in [5.41, 5.74) is 0. The van der Waals surface area contributed by atoms with Gasteiger partial charge in [-0.25, -0.2) is 0 Å². The van der Waals surface area contributed by atoms with Gasteiger partial charge in [0.2, 0.25) is 0 Å². The molecule has 2 nitrogen and oxygen atoms in total. The lowest BCUT2D eigenvalue weighted by molar-refractivity contribution is 0.0943. The third kappa shape index (κ3) is 2.80. The molecular weight excluding hydrogens is 128 g/mol. The molecule has 0 saturated carbocycles. The highest BCUT2D eigenvalue weighted by Crippen LogP contribution is 2.07. The third-order valence-electron chi connectivity index (χ3n) is 1.42. The molecule has 2 heteroatoms. The number of aliphatic hydroxyl groups is 2. The zero-order valence-corrected chi connectivity index (χ0v) is 6.03. The highest BCUT2D eigenvalue weighted by molar-refractivity contribution is 4.87. The molecular formula is C8H14O2. The molecule has 2 N–H and O–H groups in total. The van der Waals surface area contributed by atoms with Gasteiger partial charge >= 0.3 is 0 Å². The van der Waals surface area contributed by atoms with Crippen molar-refractivity contribution in [3.63, 3.8) is 0 Å². The summed E-state index contributed by atoms with van der Waals surface area (Å²) in [6.45, 7) is 6.90. The molecule has 0 unspecified atom stereocenters. The zero-order chi connectivity index (χ0) is 7.98. The Labute approximate surface area is 61.5 Å². The van der Waals surface area contributed by atoms with E-state index < -0.39 is 6.10 Å². The minimum Gasteiger partial charge on any atom is -0.396 e. The smallest absolute Gasteiger partial charge is 0.0659 e. The van der Waals surface area contributed by atoms with Gasteiger partial charge in [-0.2, -0.15) is 0 Å². The normalized spacial score (nSPS) is 15.8. The summed E-state index contributed by atoms with van der Waals surface area (Å²) >= 11 is 0. The van der Waals surface area contributed by atoms with Crippen molar-refractivity contribution in [3.8, 4) is 0 Å². The van der Waals surface area contributed by atoms with Gasteiger partial charge in [0.15, 0.2) is 0 Å². The fourth-order valence-electron chi connectivity index (χ4n) is 0.699. The lowest BCUT2D eigenvalue weighted by atomic mass is 10.0. The largest absolute Gasteiger partial charge is 0.396 e. The first kappa shape index (κ1) is 9.40. The van der Waals surface area contributed by atoms with Gasteiger partial charge in [-0.1, -0.05) is 12.2 Å². The minimum atomic E-state index is -0.542. The van der Waals surface area contributed by atoms with Crippen LogP contribution in [0.25, 0.3) is 0 Å². The van der Waals surface area contributed by atoms with Gasteiger partial charge in [-0.05, 0) is 6.42 Å². The maximum atomic E-state index is 9.21. The highest BCUT2D eigenvalue weighted by Gasteiger charge is 2.12. The summed E-state index contributed by atoms with van der Waals surface area (Å²) in [5, 5.41) is 17.9. The van der Waals surface area contributed by atoms with Crippen molar-refractivity contribution in [1.29, 1.82) is 0 Å². The molecule has 0 fully saturated rings. The molecule has 0 aliphatic heterocycles. The number of aliphatic hydroxyl groups excluding tert-OH is 2. The van der Waals surface area contributed by atoms with Gasteiger partial charge in [-0.3, -0.25) is 0 Å². The van der Waals surface area contributed by atoms with Gasteiger partial charge < -0.3 is 10.2 Å². The summed E-state index contributed by atoms with van der Waals surface area (Å²) in [6, 6.07) is 0. The highest BCUT2D eigenvalue weighted by atomic mass is 16.3. The second-order valence-corrected chi connectivity index (χ2v) is 2.17. The van der Waals surface area contributed by atoms with E-state index in [9.17, 15) is 5.11 Å². The Morgan fingerprint density at radius 1 is 1.40 bits per heavy atom. The molecule has 58 valence electrons. The van der Waals surface area contributed by atoms with Crippen molar-refractivity contribution in [2.45, 2.75) is 12.5 Å². The van der Waals surface area contributed by atoms with E-state index in [2.05, 4.69) is 13.2 Å². The Kier molecular flexibility index (Phi) is 4.89. The number of hydrogen-bond donors (Lipinski definition) is 2. The summed E-state index contributed by atoms with van der Waals surface area (Å²) in [7, 11) is 0. The van der Waals surface area contributed by atoms with Crippen LogP contribution in [0.4, 0.5) is 0 Å². The van der Waals surface area contributed by atoms with Gasteiger partial charge in [0.1, 0.15) is 0 Å². The quantitative estimate of drug-likeness (QED) is 0.555. The van der Waals surface area contributed by atoms with Crippen molar-refractivity contribution in [1.82, 2.24) is 0 Å².